The van der Waals surface area contributed by atoms with Gasteiger partial charge in [0, 0.05) is 24.8 Å². The second kappa shape index (κ2) is 10.5. The van der Waals surface area contributed by atoms with E-state index in [1.54, 1.807) is 0 Å². The van der Waals surface area contributed by atoms with Crippen LogP contribution >= 0.6 is 17.2 Å². The van der Waals surface area contributed by atoms with Crippen LogP contribution in [0.2, 0.25) is 0 Å². The normalized spacial score (nSPS) is 12.7. The molecule has 0 amide bonds. The van der Waals surface area contributed by atoms with Crippen LogP contribution in [0, 0.1) is 0 Å². The summed E-state index contributed by atoms with van der Waals surface area (Å²) in [5, 5.41) is -0.0103. The zero-order chi connectivity index (χ0) is 26.0. The van der Waals surface area contributed by atoms with Crippen molar-refractivity contribution >= 4 is 17.2 Å². The molecule has 0 bridgehead atoms. The van der Waals surface area contributed by atoms with E-state index in [1.807, 2.05) is 36.9 Å². The Bertz CT molecular complexity index is 1220. The number of aromatic nitrogens is 2. The highest BCUT2D eigenvalue weighted by Gasteiger charge is 2.38. The number of hydrogen-bond donors (Lipinski definition) is 0. The number of hydrogen-bond acceptors (Lipinski definition) is 2. The molecule has 0 aliphatic rings. The third kappa shape index (κ3) is 5.61. The molecule has 0 N–H and O–H groups in total. The van der Waals surface area contributed by atoms with Crippen molar-refractivity contribution < 1.29 is 0 Å². The van der Waals surface area contributed by atoms with E-state index in [2.05, 4.69) is 121 Å². The van der Waals surface area contributed by atoms with Crippen molar-refractivity contribution in [1.29, 1.82) is 0 Å². The van der Waals surface area contributed by atoms with Crippen LogP contribution in [0.25, 0.3) is 11.1 Å². The number of nitrogens with zero attached hydrogens (tertiary/aromatic N) is 2. The first-order chi connectivity index (χ1) is 17.0. The van der Waals surface area contributed by atoms with Crippen LogP contribution in [0.3, 0.4) is 0 Å². The molecule has 2 nitrogen and oxygen atoms in total. The summed E-state index contributed by atoms with van der Waals surface area (Å²) in [5.41, 5.74) is 7.44. The minimum Gasteiger partial charge on any atom is -0.264 e. The van der Waals surface area contributed by atoms with E-state index in [1.165, 1.54) is 22.3 Å². The molecule has 0 aliphatic carbocycles. The molecule has 0 fully saturated rings. The molecule has 1 atom stereocenters. The van der Waals surface area contributed by atoms with E-state index in [-0.39, 0.29) is 18.2 Å². The Hall–Kier alpha value is -2.40. The predicted molar refractivity (Wildman–Crippen MR) is 160 cm³/mol. The van der Waals surface area contributed by atoms with Crippen molar-refractivity contribution in [3.8, 4) is 11.1 Å². The van der Waals surface area contributed by atoms with Gasteiger partial charge in [-0.15, -0.1) is 9.24 Å². The van der Waals surface area contributed by atoms with Gasteiger partial charge in [-0.1, -0.05) is 104 Å². The highest BCUT2D eigenvalue weighted by molar-refractivity contribution is 7.60. The molecule has 0 saturated heterocycles. The molecule has 0 radical (unpaired) electrons. The van der Waals surface area contributed by atoms with Crippen molar-refractivity contribution in [3.05, 3.63) is 120 Å². The first-order valence-corrected chi connectivity index (χ1v) is 14.7. The molecule has 1 unspecified atom stereocenters. The molecular formula is C32H38N2P2. The molecule has 4 aromatic rings. The van der Waals surface area contributed by atoms with Crippen LogP contribution in [0.15, 0.2) is 97.6 Å². The molecule has 2 aromatic heterocycles. The van der Waals surface area contributed by atoms with Crippen molar-refractivity contribution in [2.24, 2.45) is 0 Å². The quantitative estimate of drug-likeness (QED) is 0.241. The lowest BCUT2D eigenvalue weighted by molar-refractivity contribution is 0.701. The van der Waals surface area contributed by atoms with Gasteiger partial charge in [0.25, 0.3) is 0 Å². The summed E-state index contributed by atoms with van der Waals surface area (Å²) in [6.45, 7) is 14.4. The lowest BCUT2D eigenvalue weighted by Gasteiger charge is -2.43. The Balaban J connectivity index is 2.00. The summed E-state index contributed by atoms with van der Waals surface area (Å²) in [4.78, 5) is 9.04. The van der Waals surface area contributed by atoms with Crippen molar-refractivity contribution in [2.45, 2.75) is 63.2 Å². The molecular weight excluding hydrogens is 474 g/mol. The molecule has 36 heavy (non-hydrogen) atoms. The average molecular weight is 513 g/mol. The largest absolute Gasteiger partial charge is 0.264 e. The molecule has 2 aromatic carbocycles. The van der Waals surface area contributed by atoms with Crippen LogP contribution in [-0.2, 0) is 11.3 Å². The monoisotopic (exact) mass is 512 g/mol. The zero-order valence-corrected chi connectivity index (χ0v) is 24.4. The Morgan fingerprint density at radius 3 is 1.69 bits per heavy atom. The summed E-state index contributed by atoms with van der Waals surface area (Å²) in [6.07, 6.45) is 8.74. The fourth-order valence-electron chi connectivity index (χ4n) is 5.21. The topological polar surface area (TPSA) is 25.8 Å². The Labute approximate surface area is 221 Å². The first kappa shape index (κ1) is 26.7. The van der Waals surface area contributed by atoms with Gasteiger partial charge >= 0.3 is 0 Å². The standard InChI is InChI=1S/C32H38N2P2/c1-30(2,3)36(31(4,5)6)23-26-17-16-25(24-12-8-7-9-13-24)20-29(26)32(35,27-14-10-18-33-21-27)28-15-11-19-34-22-28/h7-22H,23,35H2,1-6H3. The van der Waals surface area contributed by atoms with Crippen molar-refractivity contribution in [1.82, 2.24) is 9.97 Å². The van der Waals surface area contributed by atoms with Gasteiger partial charge in [-0.05, 0) is 68.1 Å². The fraction of sp³-hybridized carbons (Fsp3) is 0.312. The highest BCUT2D eigenvalue weighted by atomic mass is 31.1. The SMILES string of the molecule is CC(C)(C)P(Cc1ccc(-c2ccccc2)cc1C(P)(c1cccnc1)c1cccnc1)C(C)(C)C. The third-order valence-electron chi connectivity index (χ3n) is 6.82. The first-order valence-electron chi connectivity index (χ1n) is 12.6. The predicted octanol–water partition coefficient (Wildman–Crippen LogP) is 8.89. The summed E-state index contributed by atoms with van der Waals surface area (Å²) >= 11 is 0. The van der Waals surface area contributed by atoms with Gasteiger partial charge in [-0.25, -0.2) is 0 Å². The summed E-state index contributed by atoms with van der Waals surface area (Å²) in [6, 6.07) is 26.2. The maximum absolute atomic E-state index is 4.52. The molecule has 186 valence electrons. The molecule has 0 saturated carbocycles. The Kier molecular flexibility index (Phi) is 7.80. The van der Waals surface area contributed by atoms with E-state index in [0.29, 0.717) is 0 Å². The smallest absolute Gasteiger partial charge is 0.0624 e. The minimum atomic E-state index is -0.473. The molecule has 4 heteroatoms. The van der Waals surface area contributed by atoms with Crippen molar-refractivity contribution in [2.75, 3.05) is 0 Å². The summed E-state index contributed by atoms with van der Waals surface area (Å²) in [5.74, 6) is 0. The maximum Gasteiger partial charge on any atom is 0.0624 e. The molecule has 4 rings (SSSR count). The minimum absolute atomic E-state index is 0.231. The van der Waals surface area contributed by atoms with Crippen LogP contribution in [0.5, 0.6) is 0 Å². The van der Waals surface area contributed by atoms with Gasteiger partial charge in [-0.3, -0.25) is 9.97 Å². The Morgan fingerprint density at radius 1 is 0.667 bits per heavy atom. The average Bonchev–Trinajstić information content (AvgIpc) is 2.87. The van der Waals surface area contributed by atoms with E-state index in [4.69, 9.17) is 0 Å². The highest BCUT2D eigenvalue weighted by Crippen LogP contribution is 2.62. The maximum atomic E-state index is 4.52. The fourth-order valence-corrected chi connectivity index (χ4v) is 9.40. The third-order valence-corrected chi connectivity index (χ3v) is 11.7. The lowest BCUT2D eigenvalue weighted by atomic mass is 9.82. The van der Waals surface area contributed by atoms with E-state index >= 15 is 0 Å². The van der Waals surface area contributed by atoms with Crippen LogP contribution in [0.4, 0.5) is 0 Å². The van der Waals surface area contributed by atoms with E-state index < -0.39 is 5.16 Å². The molecule has 2 heterocycles. The number of benzene rings is 2. The second-order valence-electron chi connectivity index (χ2n) is 11.5. The van der Waals surface area contributed by atoms with Gasteiger partial charge < -0.3 is 0 Å². The molecule has 0 spiro atoms. The van der Waals surface area contributed by atoms with Crippen molar-refractivity contribution in [3.63, 3.8) is 0 Å². The van der Waals surface area contributed by atoms with Gasteiger partial charge in [0.1, 0.15) is 0 Å². The Morgan fingerprint density at radius 2 is 1.22 bits per heavy atom. The second-order valence-corrected chi connectivity index (χ2v) is 16.2. The lowest BCUT2D eigenvalue weighted by Crippen LogP contribution is -2.28. The van der Waals surface area contributed by atoms with Gasteiger partial charge in [-0.2, -0.15) is 0 Å². The summed E-state index contributed by atoms with van der Waals surface area (Å²) in [7, 11) is 2.88. The number of pyridine rings is 2. The summed E-state index contributed by atoms with van der Waals surface area (Å²) < 4.78 is 0. The zero-order valence-electron chi connectivity index (χ0n) is 22.4. The number of rotatable bonds is 6. The molecule has 0 aliphatic heterocycles. The van der Waals surface area contributed by atoms with Gasteiger partial charge in [0.2, 0.25) is 0 Å². The van der Waals surface area contributed by atoms with Gasteiger partial charge in [0.15, 0.2) is 0 Å². The van der Waals surface area contributed by atoms with Crippen LogP contribution in [0.1, 0.15) is 63.8 Å². The van der Waals surface area contributed by atoms with E-state index in [0.717, 1.165) is 17.3 Å². The van der Waals surface area contributed by atoms with E-state index in [9.17, 15) is 0 Å². The van der Waals surface area contributed by atoms with Gasteiger partial charge in [0.05, 0.1) is 5.16 Å². The van der Waals surface area contributed by atoms with Crippen LogP contribution < -0.4 is 0 Å². The van der Waals surface area contributed by atoms with Crippen LogP contribution in [-0.4, -0.2) is 20.3 Å².